The molecule has 606 valence electrons. The number of anilines is 6. The van der Waals surface area contributed by atoms with E-state index in [2.05, 4.69) is 438 Å². The maximum atomic E-state index is 5.86. The van der Waals surface area contributed by atoms with Gasteiger partial charge in [0.15, 0.2) is 34.9 Å². The topological polar surface area (TPSA) is 93.7 Å². The van der Waals surface area contributed by atoms with Crippen LogP contribution in [0.5, 0.6) is 0 Å². The Balaban J connectivity index is 0.627. The molecule has 2 aliphatic rings. The maximum Gasteiger partial charge on any atom is 0.166 e. The van der Waals surface area contributed by atoms with Gasteiger partial charge in [0.05, 0.1) is 61.8 Å². The van der Waals surface area contributed by atoms with Crippen LogP contribution in [0.4, 0.5) is 34.1 Å². The van der Waals surface area contributed by atoms with Gasteiger partial charge in [-0.15, -0.1) is 11.3 Å². The molecule has 0 unspecified atom stereocenters. The molecule has 0 saturated carbocycles. The van der Waals surface area contributed by atoms with Gasteiger partial charge in [-0.3, -0.25) is 0 Å². The molecular weight excluding hydrogens is 1610 g/mol. The van der Waals surface area contributed by atoms with Crippen molar-refractivity contribution in [1.82, 2.24) is 39.0 Å². The minimum atomic E-state index is 0.561. The van der Waals surface area contributed by atoms with Crippen molar-refractivity contribution in [3.05, 3.63) is 425 Å². The van der Waals surface area contributed by atoms with Crippen LogP contribution in [0.15, 0.2) is 425 Å². The fourth-order valence-corrected chi connectivity index (χ4v) is 22.5. The number of thiophene rings is 1. The Kier molecular flexibility index (Phi) is 15.9. The molecule has 0 fully saturated rings. The van der Waals surface area contributed by atoms with Crippen molar-refractivity contribution in [2.24, 2.45) is 0 Å². The molecule has 0 atom stereocenters. The molecule has 2 aliphatic heterocycles. The summed E-state index contributed by atoms with van der Waals surface area (Å²) in [6.45, 7) is 0. The summed E-state index contributed by atoms with van der Waals surface area (Å²) in [6, 6.07) is 155. The van der Waals surface area contributed by atoms with Crippen LogP contribution < -0.4 is 9.80 Å². The number of nitrogens with zero attached hydrogens (tertiary/aromatic N) is 10. The number of aromatic nitrogens is 8. The highest BCUT2D eigenvalue weighted by molar-refractivity contribution is 7.26. The van der Waals surface area contributed by atoms with Crippen LogP contribution in [0, 0.1) is 0 Å². The van der Waals surface area contributed by atoms with Gasteiger partial charge in [0.2, 0.25) is 0 Å². The summed E-state index contributed by atoms with van der Waals surface area (Å²) in [5.74, 6) is 3.42. The van der Waals surface area contributed by atoms with Gasteiger partial charge < -0.3 is 18.9 Å². The molecule has 26 aromatic rings. The molecule has 0 radical (unpaired) electrons. The number of rotatable bonds is 11. The van der Waals surface area contributed by atoms with Crippen molar-refractivity contribution in [2.45, 2.75) is 0 Å². The summed E-state index contributed by atoms with van der Waals surface area (Å²) in [6.07, 6.45) is 0. The van der Waals surface area contributed by atoms with E-state index >= 15 is 0 Å². The van der Waals surface area contributed by atoms with Crippen molar-refractivity contribution in [1.29, 1.82) is 0 Å². The van der Waals surface area contributed by atoms with E-state index in [1.165, 1.54) is 38.1 Å². The molecule has 21 aromatic carbocycles. The first-order chi connectivity index (χ1) is 64.9. The number of para-hydroxylation sites is 4. The van der Waals surface area contributed by atoms with Crippen LogP contribution in [0.2, 0.25) is 0 Å². The first-order valence-electron chi connectivity index (χ1n) is 44.4. The van der Waals surface area contributed by atoms with Crippen LogP contribution >= 0.6 is 11.3 Å². The van der Waals surface area contributed by atoms with Gasteiger partial charge in [-0.2, -0.15) is 0 Å². The molecule has 0 aliphatic carbocycles. The van der Waals surface area contributed by atoms with E-state index in [-0.39, 0.29) is 0 Å². The second-order valence-corrected chi connectivity index (χ2v) is 35.4. The zero-order valence-electron chi connectivity index (χ0n) is 70.3. The van der Waals surface area contributed by atoms with Gasteiger partial charge in [-0.05, 0) is 210 Å². The summed E-state index contributed by atoms with van der Waals surface area (Å²) in [4.78, 5) is 39.2. The molecule has 0 spiro atoms. The predicted molar refractivity (Wildman–Crippen MR) is 545 cm³/mol. The minimum Gasteiger partial charge on any atom is -0.309 e. The van der Waals surface area contributed by atoms with E-state index in [1.807, 2.05) is 6.07 Å². The Morgan fingerprint density at radius 3 is 1.28 bits per heavy atom. The van der Waals surface area contributed by atoms with Crippen molar-refractivity contribution < 1.29 is 0 Å². The number of fused-ring (bicyclic) bond motifs is 17. The van der Waals surface area contributed by atoms with Gasteiger partial charge in [-0.1, -0.05) is 291 Å². The molecule has 10 nitrogen and oxygen atoms in total. The quantitative estimate of drug-likeness (QED) is 0.126. The smallest absolute Gasteiger partial charge is 0.166 e. The number of hydrogen-bond acceptors (Lipinski definition) is 9. The third kappa shape index (κ3) is 11.3. The highest BCUT2D eigenvalue weighted by atomic mass is 32.1. The molecule has 0 saturated heterocycles. The average Bonchev–Trinajstić information content (AvgIpc) is 1.61. The zero-order chi connectivity index (χ0) is 85.6. The van der Waals surface area contributed by atoms with Crippen molar-refractivity contribution in [3.8, 4) is 113 Å². The monoisotopic (exact) mass is 1680 g/mol. The Hall–Kier alpha value is -17.4. The van der Waals surface area contributed by atoms with E-state index in [0.29, 0.717) is 34.9 Å². The van der Waals surface area contributed by atoms with E-state index in [0.717, 1.165) is 203 Å². The third-order valence-electron chi connectivity index (χ3n) is 27.1. The summed E-state index contributed by atoms with van der Waals surface area (Å²) >= 11 is 1.78. The van der Waals surface area contributed by atoms with Crippen molar-refractivity contribution >= 4 is 174 Å². The second kappa shape index (κ2) is 28.6. The molecule has 0 amide bonds. The maximum absolute atomic E-state index is 5.86. The third-order valence-corrected chi connectivity index (χ3v) is 28.4. The lowest BCUT2D eigenvalue weighted by Gasteiger charge is -2.35. The second-order valence-electron chi connectivity index (χ2n) is 34.4. The average molecular weight is 1680 g/mol. The van der Waals surface area contributed by atoms with Crippen LogP contribution in [-0.2, 0) is 0 Å². The molecule has 11 heteroatoms. The lowest BCUT2D eigenvalue weighted by molar-refractivity contribution is 1.07. The standard InChI is InChI=1S/C120H70N10S/c1-4-27-74(28-5-1)115-121-117(82-54-58-89-87-43-16-18-50-100(87)128(106(89)69-82)84-40-8-3-9-41-84)125-120(124-115)113-86-42-15-14-26-71(86)55-60-105(113)129-103-52-23-35-72-33-21-47-91(111(72)103)97-64-79-37-22-45-85(94(79)70-109(97)129)80-57-61-110-98(65-80)92-48-25-49-93(114(92)131-110)118-122-116(81-56-59-102-95(66-81)88-44-17-19-51-101(88)127(102)83-38-6-2-7-39-83)123-119(126-118)99-63-76-30-11-13-32-78(76)68-108(99)130-104-53-24-36-73-34-20-46-90(112(73)104)96-62-75-29-10-12-31-77(75)67-107(96)130/h1-70H. The highest BCUT2D eigenvalue weighted by Gasteiger charge is 2.34. The van der Waals surface area contributed by atoms with Crippen molar-refractivity contribution in [2.75, 3.05) is 9.80 Å². The predicted octanol–water partition coefficient (Wildman–Crippen LogP) is 32.1. The van der Waals surface area contributed by atoms with Crippen LogP contribution in [0.3, 0.4) is 0 Å². The molecular formula is C120H70N10S. The molecule has 7 heterocycles. The summed E-state index contributed by atoms with van der Waals surface area (Å²) in [5.41, 5.74) is 25.0. The lowest BCUT2D eigenvalue weighted by atomic mass is 9.87. The Morgan fingerprint density at radius 2 is 0.611 bits per heavy atom. The Bertz CT molecular complexity index is 9390. The van der Waals surface area contributed by atoms with Gasteiger partial charge in [0.1, 0.15) is 0 Å². The number of benzene rings is 21. The van der Waals surface area contributed by atoms with Gasteiger partial charge in [-0.25, -0.2) is 29.9 Å². The first kappa shape index (κ1) is 72.9. The molecule has 5 aromatic heterocycles. The van der Waals surface area contributed by atoms with Crippen LogP contribution in [0.1, 0.15) is 0 Å². The molecule has 28 rings (SSSR count). The summed E-state index contributed by atoms with van der Waals surface area (Å²) < 4.78 is 6.95. The van der Waals surface area contributed by atoms with E-state index in [4.69, 9.17) is 29.9 Å². The van der Waals surface area contributed by atoms with Gasteiger partial charge in [0, 0.05) is 103 Å². The summed E-state index contributed by atoms with van der Waals surface area (Å²) in [7, 11) is 0. The largest absolute Gasteiger partial charge is 0.309 e. The fraction of sp³-hybridized carbons (Fsp3) is 0. The molecule has 0 bridgehead atoms. The Labute approximate surface area is 755 Å². The molecule has 0 N–H and O–H groups in total. The SMILES string of the molecule is c1ccc(-c2nc(-c3ccc4c5ccccc5n(-c5ccccc5)c4c3)nc(-c3c(N4c5cc6c(-c7ccc8sc9c(-c%10nc(-c%11ccc%12c(c%11)c%11ccccc%11n%12-c%11ccccc%11)nc(-c%11cc%12ccccc%12cc%11N%11c%12cc%13ccccc%13cc%12-c%12cccc%13cccc%11c%12%13)n%10)cccc9c8c7)cccc6cc5-c5cccc6cccc4c56)ccc4ccccc34)n2)cc1. The number of hydrogen-bond donors (Lipinski definition) is 0. The van der Waals surface area contributed by atoms with E-state index < -0.39 is 0 Å². The van der Waals surface area contributed by atoms with E-state index in [1.54, 1.807) is 11.3 Å². The van der Waals surface area contributed by atoms with Crippen LogP contribution in [-0.4, -0.2) is 39.0 Å². The van der Waals surface area contributed by atoms with Gasteiger partial charge in [0.25, 0.3) is 0 Å². The van der Waals surface area contributed by atoms with Crippen molar-refractivity contribution in [3.63, 3.8) is 0 Å². The van der Waals surface area contributed by atoms with E-state index in [9.17, 15) is 0 Å². The lowest BCUT2D eigenvalue weighted by Crippen LogP contribution is -2.16. The fourth-order valence-electron chi connectivity index (χ4n) is 21.3. The Morgan fingerprint density at radius 1 is 0.183 bits per heavy atom. The van der Waals surface area contributed by atoms with Gasteiger partial charge >= 0.3 is 0 Å². The first-order valence-corrected chi connectivity index (χ1v) is 45.3. The minimum absolute atomic E-state index is 0.561. The van der Waals surface area contributed by atoms with Crippen LogP contribution in [0.25, 0.3) is 242 Å². The normalized spacial score (nSPS) is 12.4. The highest BCUT2D eigenvalue weighted by Crippen LogP contribution is 2.58. The summed E-state index contributed by atoms with van der Waals surface area (Å²) in [5, 5.41) is 20.4. The zero-order valence-corrected chi connectivity index (χ0v) is 71.1. The molecule has 131 heavy (non-hydrogen) atoms.